The number of anilines is 3. The van der Waals surface area contributed by atoms with Gasteiger partial charge in [-0.3, -0.25) is 4.90 Å². The largest absolute Gasteiger partial charge is 0.452 e. The number of nitrogens with two attached hydrogens (primary N) is 2. The first-order valence-corrected chi connectivity index (χ1v) is 8.46. The maximum absolute atomic E-state index is 15.1. The zero-order valence-corrected chi connectivity index (χ0v) is 15.8. The summed E-state index contributed by atoms with van der Waals surface area (Å²) in [6.45, 7) is -6.11. The van der Waals surface area contributed by atoms with Crippen molar-refractivity contribution < 1.29 is 26.3 Å². The molecule has 4 aromatic rings. The predicted molar refractivity (Wildman–Crippen MR) is 114 cm³/mol. The van der Waals surface area contributed by atoms with E-state index in [0.29, 0.717) is 4.68 Å². The van der Waals surface area contributed by atoms with Crippen LogP contribution < -0.4 is 16.4 Å². The molecule has 4 N–H and O–H groups in total. The lowest BCUT2D eigenvalue weighted by molar-refractivity contribution is 0.180. The highest BCUT2D eigenvalue weighted by atomic mass is 19.1. The molecule has 0 fully saturated rings. The quantitative estimate of drug-likeness (QED) is 0.502. The monoisotopic (exact) mass is 431 g/mol. The number of amides is 1. The second-order valence-electron chi connectivity index (χ2n) is 5.91. The fourth-order valence-electron chi connectivity index (χ4n) is 2.68. The molecule has 0 aliphatic carbocycles. The Hall–Kier alpha value is -4.28. The van der Waals surface area contributed by atoms with Gasteiger partial charge in [-0.2, -0.15) is 5.10 Å². The second-order valence-corrected chi connectivity index (χ2v) is 5.91. The molecule has 31 heavy (non-hydrogen) atoms. The molecular formula is C20H19FN8O2. The molecule has 1 amide bonds. The fourth-order valence-corrected chi connectivity index (χ4v) is 2.68. The molecule has 4 rings (SSSR count). The van der Waals surface area contributed by atoms with E-state index in [1.165, 1.54) is 18.3 Å². The molecule has 158 valence electrons. The van der Waals surface area contributed by atoms with Crippen molar-refractivity contribution in [1.82, 2.24) is 24.7 Å². The van der Waals surface area contributed by atoms with E-state index in [4.69, 9.17) is 23.8 Å². The first-order chi connectivity index (χ1) is 18.5. The Balaban J connectivity index is 1.97. The number of carbonyl (C=O) groups excluding carboxylic acids is 1. The third-order valence-corrected chi connectivity index (χ3v) is 4.03. The summed E-state index contributed by atoms with van der Waals surface area (Å²) in [4.78, 5) is 24.5. The van der Waals surface area contributed by atoms with Crippen molar-refractivity contribution in [1.29, 1.82) is 0 Å². The molecule has 0 saturated carbocycles. The maximum atomic E-state index is 15.1. The number of aromatic nitrogens is 5. The lowest BCUT2D eigenvalue weighted by Crippen LogP contribution is -2.28. The number of fused-ring (bicyclic) bond motifs is 1. The summed E-state index contributed by atoms with van der Waals surface area (Å²) in [5.41, 5.74) is 9.96. The Kier molecular flexibility index (Phi) is 2.99. The van der Waals surface area contributed by atoms with Crippen molar-refractivity contribution in [3.63, 3.8) is 0 Å². The summed E-state index contributed by atoms with van der Waals surface area (Å²) in [5, 5.41) is 4.23. The first-order valence-electron chi connectivity index (χ1n) is 13.0. The van der Waals surface area contributed by atoms with Crippen LogP contribution in [0.25, 0.3) is 22.6 Å². The van der Waals surface area contributed by atoms with Gasteiger partial charge in [0.15, 0.2) is 23.1 Å². The van der Waals surface area contributed by atoms with E-state index in [-0.39, 0.29) is 27.5 Å². The van der Waals surface area contributed by atoms with Crippen LogP contribution in [0, 0.1) is 5.82 Å². The van der Waals surface area contributed by atoms with Crippen LogP contribution >= 0.6 is 0 Å². The molecule has 10 nitrogen and oxygen atoms in total. The van der Waals surface area contributed by atoms with Crippen molar-refractivity contribution in [2.24, 2.45) is 0 Å². The van der Waals surface area contributed by atoms with Crippen molar-refractivity contribution in [2.75, 3.05) is 30.5 Å². The minimum absolute atomic E-state index is 0.0971. The Labute approximate surface area is 188 Å². The van der Waals surface area contributed by atoms with Gasteiger partial charge in [-0.25, -0.2) is 28.8 Å². The highest BCUT2D eigenvalue weighted by Gasteiger charge is 2.23. The van der Waals surface area contributed by atoms with Gasteiger partial charge in [0.2, 0.25) is 0 Å². The average molecular weight is 431 g/mol. The van der Waals surface area contributed by atoms with Crippen LogP contribution in [0.4, 0.5) is 26.5 Å². The molecule has 1 aromatic carbocycles. The van der Waals surface area contributed by atoms with Gasteiger partial charge in [0, 0.05) is 22.8 Å². The van der Waals surface area contributed by atoms with E-state index >= 15 is 4.39 Å². The van der Waals surface area contributed by atoms with Crippen molar-refractivity contribution in [3.8, 4) is 11.5 Å². The minimum atomic E-state index is -3.09. The highest BCUT2D eigenvalue weighted by Crippen LogP contribution is 2.32. The Morgan fingerprint density at radius 3 is 2.81 bits per heavy atom. The van der Waals surface area contributed by atoms with Crippen LogP contribution in [0.1, 0.15) is 17.9 Å². The lowest BCUT2D eigenvalue weighted by Gasteiger charge is -2.18. The number of rotatable bonds is 4. The second kappa shape index (κ2) is 7.86. The number of nitrogens with zero attached hydrogens (tertiary/aromatic N) is 6. The summed E-state index contributed by atoms with van der Waals surface area (Å²) in [6.07, 6.45) is -0.0507. The predicted octanol–water partition coefficient (Wildman–Crippen LogP) is 2.44. The Morgan fingerprint density at radius 2 is 2.10 bits per heavy atom. The Bertz CT molecular complexity index is 1630. The van der Waals surface area contributed by atoms with Gasteiger partial charge < -0.3 is 16.2 Å². The summed E-state index contributed by atoms with van der Waals surface area (Å²) in [5.74, 6) is -3.01. The number of pyridine rings is 1. The third kappa shape index (κ3) is 3.56. The van der Waals surface area contributed by atoms with Crippen molar-refractivity contribution in [3.05, 3.63) is 53.9 Å². The lowest BCUT2D eigenvalue weighted by atomic mass is 10.2. The van der Waals surface area contributed by atoms with Crippen LogP contribution in [-0.4, -0.2) is 44.9 Å². The summed E-state index contributed by atoms with van der Waals surface area (Å²) >= 11 is 0. The van der Waals surface area contributed by atoms with Crippen molar-refractivity contribution in [2.45, 2.75) is 6.50 Å². The van der Waals surface area contributed by atoms with Gasteiger partial charge in [0.1, 0.15) is 17.2 Å². The molecule has 11 heteroatoms. The molecule has 3 heterocycles. The van der Waals surface area contributed by atoms with Crippen molar-refractivity contribution >= 4 is 34.4 Å². The molecule has 0 spiro atoms. The van der Waals surface area contributed by atoms with E-state index < -0.39 is 72.4 Å². The van der Waals surface area contributed by atoms with E-state index in [1.54, 1.807) is 0 Å². The summed E-state index contributed by atoms with van der Waals surface area (Å²) in [6, 6.07) is -0.903. The number of carbonyl (C=O) groups is 1. The number of hydrogen-bond acceptors (Lipinski definition) is 8. The smallest absolute Gasteiger partial charge is 0.413 e. The summed E-state index contributed by atoms with van der Waals surface area (Å²) in [7, 11) is 0.943. The molecule has 3 aromatic heterocycles. The average Bonchev–Trinajstić information content (AvgIpc) is 3.28. The van der Waals surface area contributed by atoms with Gasteiger partial charge in [0.05, 0.1) is 27.2 Å². The van der Waals surface area contributed by atoms with Gasteiger partial charge in [-0.15, -0.1) is 0 Å². The zero-order chi connectivity index (χ0) is 29.9. The molecular weight excluding hydrogens is 403 g/mol. The molecule has 0 radical (unpaired) electrons. The van der Waals surface area contributed by atoms with Crippen LogP contribution in [0.5, 0.6) is 0 Å². The summed E-state index contributed by atoms with van der Waals surface area (Å²) < 4.78 is 91.8. The Morgan fingerprint density at radius 1 is 1.35 bits per heavy atom. The minimum Gasteiger partial charge on any atom is -0.452 e. The number of hydrogen-bond donors (Lipinski definition) is 2. The van der Waals surface area contributed by atoms with Crippen LogP contribution in [0.15, 0.2) is 42.5 Å². The first kappa shape index (κ1) is 11.8. The number of methoxy groups -OCH3 is 1. The molecule has 0 unspecified atom stereocenters. The van der Waals surface area contributed by atoms with Gasteiger partial charge in [-0.1, -0.05) is 18.1 Å². The van der Waals surface area contributed by atoms with Gasteiger partial charge >= 0.3 is 6.09 Å². The number of ether oxygens (including phenoxy) is 1. The normalized spacial score (nSPS) is 16.0. The van der Waals surface area contributed by atoms with E-state index in [2.05, 4.69) is 24.8 Å². The van der Waals surface area contributed by atoms with Crippen LogP contribution in [-0.2, 0) is 11.2 Å². The standard InChI is InChI=1S/C20H19FN8O2/c1-28(20(30)31-2)15-16(22)25-18(26-17(15)23)14-12-7-5-9-24-19(12)29(27-14)10-11-6-3-4-8-13(11)21/h3-9H,10H2,1-2H3,(H4,22,23,25,26)/i1D3,3D,4D,6D,8D,10D2. The molecule has 0 saturated heterocycles. The van der Waals surface area contributed by atoms with E-state index in [0.717, 1.165) is 7.11 Å². The fraction of sp³-hybridized carbons (Fsp3) is 0.150. The topological polar surface area (TPSA) is 138 Å². The van der Waals surface area contributed by atoms with E-state index in [9.17, 15) is 4.79 Å². The number of benzene rings is 1. The molecule has 0 bridgehead atoms. The molecule has 0 aliphatic rings. The third-order valence-electron chi connectivity index (χ3n) is 4.03. The van der Waals surface area contributed by atoms with Crippen LogP contribution in [0.2, 0.25) is 0 Å². The molecule has 0 atom stereocenters. The SMILES string of the molecule is [2H]c1c([2H])c([2H])c(C([2H])([2H])n2nc(-c3nc(N)c(N(C(=O)OC)C([2H])([2H])[2H])c(N)n3)c3cccnc32)c(F)c1[2H]. The maximum Gasteiger partial charge on any atom is 0.413 e. The van der Waals surface area contributed by atoms with Gasteiger partial charge in [0.25, 0.3) is 0 Å². The van der Waals surface area contributed by atoms with Gasteiger partial charge in [-0.05, 0) is 18.2 Å². The molecule has 0 aliphatic heterocycles. The number of halogens is 1. The van der Waals surface area contributed by atoms with Crippen LogP contribution in [0.3, 0.4) is 0 Å². The number of nitrogen functional groups attached to an aromatic ring is 2. The highest BCUT2D eigenvalue weighted by molar-refractivity contribution is 5.96. The zero-order valence-electron chi connectivity index (χ0n) is 24.8. The van der Waals surface area contributed by atoms with E-state index in [1.807, 2.05) is 0 Å².